The largest absolute Gasteiger partial charge is 0.390 e. The number of nitro groups is 1. The predicted octanol–water partition coefficient (Wildman–Crippen LogP) is 3.59. The molecule has 0 amide bonds. The lowest BCUT2D eigenvalue weighted by Crippen LogP contribution is -1.96. The van der Waals surface area contributed by atoms with Crippen molar-refractivity contribution in [2.75, 3.05) is 0 Å². The summed E-state index contributed by atoms with van der Waals surface area (Å²) in [6, 6.07) is 10.5. The number of halogens is 2. The number of aromatic nitrogens is 2. The third-order valence-electron chi connectivity index (χ3n) is 3.18. The maximum Gasteiger partial charge on any atom is 0.286 e. The summed E-state index contributed by atoms with van der Waals surface area (Å²) < 4.78 is 2.49. The van der Waals surface area contributed by atoms with Crippen LogP contribution in [0.1, 0.15) is 5.69 Å². The average Bonchev–Trinajstić information content (AvgIpc) is 2.85. The van der Waals surface area contributed by atoms with Gasteiger partial charge in [0, 0.05) is 16.1 Å². The Morgan fingerprint density at radius 3 is 2.50 bits per heavy atom. The zero-order chi connectivity index (χ0) is 15.0. The molecule has 0 unspecified atom stereocenters. The van der Waals surface area contributed by atoms with Crippen LogP contribution in [0.15, 0.2) is 47.1 Å². The highest BCUT2D eigenvalue weighted by molar-refractivity contribution is 9.10. The fourth-order valence-corrected chi connectivity index (χ4v) is 2.44. The van der Waals surface area contributed by atoms with Crippen LogP contribution in [-0.2, 0) is 6.61 Å². The van der Waals surface area contributed by atoms with Gasteiger partial charge in [-0.25, -0.2) is 4.98 Å². The van der Waals surface area contributed by atoms with E-state index < -0.39 is 4.92 Å². The number of imidazole rings is 1. The van der Waals surface area contributed by atoms with E-state index in [4.69, 9.17) is 0 Å². The summed E-state index contributed by atoms with van der Waals surface area (Å²) in [6.07, 6.45) is 1.37. The van der Waals surface area contributed by atoms with Gasteiger partial charge in [-0.1, -0.05) is 28.1 Å². The molecule has 114 valence electrons. The Kier molecular flexibility index (Phi) is 4.80. The van der Waals surface area contributed by atoms with Crippen molar-refractivity contribution in [3.63, 3.8) is 0 Å². The SMILES string of the molecule is Cl.O=[N+]([O-])c1ccc2nc(-c3ccc(Br)cc3)c(CO)n2c1. The molecule has 3 aromatic rings. The molecule has 0 fully saturated rings. The van der Waals surface area contributed by atoms with Gasteiger partial charge in [-0.2, -0.15) is 0 Å². The maximum atomic E-state index is 10.9. The van der Waals surface area contributed by atoms with E-state index >= 15 is 0 Å². The van der Waals surface area contributed by atoms with Gasteiger partial charge >= 0.3 is 0 Å². The van der Waals surface area contributed by atoms with Gasteiger partial charge in [0.2, 0.25) is 0 Å². The highest BCUT2D eigenvalue weighted by atomic mass is 79.9. The summed E-state index contributed by atoms with van der Waals surface area (Å²) in [5.41, 5.74) is 2.50. The van der Waals surface area contributed by atoms with Gasteiger partial charge in [0.25, 0.3) is 5.69 Å². The lowest BCUT2D eigenvalue weighted by atomic mass is 10.1. The standard InChI is InChI=1S/C14H10BrN3O3.ClH/c15-10-3-1-9(2-4-10)14-12(8-19)17-7-11(18(20)21)5-6-13(17)16-14;/h1-7,19H,8H2;1H. The van der Waals surface area contributed by atoms with Crippen LogP contribution in [0.2, 0.25) is 0 Å². The molecular formula is C14H11BrClN3O3. The first-order valence-electron chi connectivity index (χ1n) is 6.12. The maximum absolute atomic E-state index is 10.9. The van der Waals surface area contributed by atoms with Crippen molar-refractivity contribution in [2.24, 2.45) is 0 Å². The summed E-state index contributed by atoms with van der Waals surface area (Å²) in [5.74, 6) is 0. The van der Waals surface area contributed by atoms with Crippen LogP contribution in [0.25, 0.3) is 16.9 Å². The summed E-state index contributed by atoms with van der Waals surface area (Å²) in [4.78, 5) is 14.8. The zero-order valence-electron chi connectivity index (χ0n) is 11.1. The van der Waals surface area contributed by atoms with Crippen LogP contribution >= 0.6 is 28.3 Å². The van der Waals surface area contributed by atoms with Crippen LogP contribution in [0.4, 0.5) is 5.69 Å². The molecule has 22 heavy (non-hydrogen) atoms. The summed E-state index contributed by atoms with van der Waals surface area (Å²) >= 11 is 3.36. The molecule has 0 aliphatic carbocycles. The Bertz CT molecular complexity index is 833. The van der Waals surface area contributed by atoms with E-state index in [1.807, 2.05) is 24.3 Å². The second-order valence-electron chi connectivity index (χ2n) is 4.44. The molecule has 1 N–H and O–H groups in total. The number of fused-ring (bicyclic) bond motifs is 1. The molecule has 0 aliphatic rings. The van der Waals surface area contributed by atoms with Crippen LogP contribution in [-0.4, -0.2) is 19.4 Å². The van der Waals surface area contributed by atoms with Gasteiger partial charge in [0.1, 0.15) is 5.65 Å². The Hall–Kier alpha value is -1.96. The molecule has 0 saturated carbocycles. The normalized spacial score (nSPS) is 10.5. The minimum Gasteiger partial charge on any atom is -0.390 e. The Morgan fingerprint density at radius 1 is 1.23 bits per heavy atom. The van der Waals surface area contributed by atoms with Gasteiger partial charge in [-0.05, 0) is 18.2 Å². The molecule has 0 bridgehead atoms. The second-order valence-corrected chi connectivity index (χ2v) is 5.36. The molecule has 1 aromatic carbocycles. The first-order valence-corrected chi connectivity index (χ1v) is 6.91. The molecule has 8 heteroatoms. The highest BCUT2D eigenvalue weighted by Gasteiger charge is 2.16. The minimum absolute atomic E-state index is 0. The van der Waals surface area contributed by atoms with Gasteiger partial charge in [-0.15, -0.1) is 12.4 Å². The van der Waals surface area contributed by atoms with Gasteiger partial charge in [-0.3, -0.25) is 14.5 Å². The number of nitrogens with zero attached hydrogens (tertiary/aromatic N) is 3. The molecule has 2 aromatic heterocycles. The summed E-state index contributed by atoms with van der Waals surface area (Å²) in [6.45, 7) is -0.256. The average molecular weight is 385 g/mol. The Balaban J connectivity index is 0.00000176. The van der Waals surface area contributed by atoms with E-state index in [0.717, 1.165) is 10.0 Å². The Labute approximate surface area is 140 Å². The zero-order valence-corrected chi connectivity index (χ0v) is 13.5. The molecule has 0 spiro atoms. The van der Waals surface area contributed by atoms with Crippen LogP contribution < -0.4 is 0 Å². The minimum atomic E-state index is -0.472. The van der Waals surface area contributed by atoms with Gasteiger partial charge < -0.3 is 5.11 Å². The third-order valence-corrected chi connectivity index (χ3v) is 3.71. The number of hydrogen-bond donors (Lipinski definition) is 1. The summed E-state index contributed by atoms with van der Waals surface area (Å²) in [7, 11) is 0. The van der Waals surface area contributed by atoms with E-state index in [1.54, 1.807) is 10.5 Å². The lowest BCUT2D eigenvalue weighted by Gasteiger charge is -2.02. The first-order chi connectivity index (χ1) is 10.1. The van der Waals surface area contributed by atoms with Crippen LogP contribution in [0.3, 0.4) is 0 Å². The smallest absolute Gasteiger partial charge is 0.286 e. The van der Waals surface area contributed by atoms with E-state index in [-0.39, 0.29) is 24.7 Å². The fourth-order valence-electron chi connectivity index (χ4n) is 2.18. The first kappa shape index (κ1) is 16.4. The number of benzene rings is 1. The molecule has 0 radical (unpaired) electrons. The van der Waals surface area contributed by atoms with E-state index in [0.29, 0.717) is 17.0 Å². The molecule has 0 aliphatic heterocycles. The second kappa shape index (κ2) is 6.43. The number of aliphatic hydroxyl groups is 1. The molecule has 0 saturated heterocycles. The van der Waals surface area contributed by atoms with Gasteiger partial charge in [0.05, 0.1) is 29.1 Å². The predicted molar refractivity (Wildman–Crippen MR) is 88.2 cm³/mol. The number of pyridine rings is 1. The fraction of sp³-hybridized carbons (Fsp3) is 0.0714. The quantitative estimate of drug-likeness (QED) is 0.553. The number of aliphatic hydroxyl groups excluding tert-OH is 1. The number of hydrogen-bond acceptors (Lipinski definition) is 4. The Morgan fingerprint density at radius 2 is 1.91 bits per heavy atom. The molecule has 3 rings (SSSR count). The third kappa shape index (κ3) is 2.83. The highest BCUT2D eigenvalue weighted by Crippen LogP contribution is 2.27. The number of rotatable bonds is 3. The van der Waals surface area contributed by atoms with E-state index in [1.165, 1.54) is 12.3 Å². The van der Waals surface area contributed by atoms with Crippen molar-refractivity contribution in [3.8, 4) is 11.3 Å². The van der Waals surface area contributed by atoms with Crippen molar-refractivity contribution in [1.82, 2.24) is 9.38 Å². The van der Waals surface area contributed by atoms with Crippen molar-refractivity contribution in [2.45, 2.75) is 6.61 Å². The van der Waals surface area contributed by atoms with Crippen molar-refractivity contribution in [3.05, 3.63) is 62.9 Å². The molecular weight excluding hydrogens is 374 g/mol. The van der Waals surface area contributed by atoms with Gasteiger partial charge in [0.15, 0.2) is 0 Å². The van der Waals surface area contributed by atoms with Crippen LogP contribution in [0.5, 0.6) is 0 Å². The summed E-state index contributed by atoms with van der Waals surface area (Å²) in [5, 5.41) is 20.5. The lowest BCUT2D eigenvalue weighted by molar-refractivity contribution is -0.385. The topological polar surface area (TPSA) is 80.7 Å². The molecule has 6 nitrogen and oxygen atoms in total. The van der Waals surface area contributed by atoms with Crippen molar-refractivity contribution < 1.29 is 10.0 Å². The molecule has 2 heterocycles. The molecule has 0 atom stereocenters. The van der Waals surface area contributed by atoms with E-state index in [9.17, 15) is 15.2 Å². The van der Waals surface area contributed by atoms with Crippen LogP contribution in [0, 0.1) is 10.1 Å². The van der Waals surface area contributed by atoms with Crippen molar-refractivity contribution >= 4 is 39.7 Å². The van der Waals surface area contributed by atoms with Crippen molar-refractivity contribution in [1.29, 1.82) is 0 Å². The monoisotopic (exact) mass is 383 g/mol. The van der Waals surface area contributed by atoms with E-state index in [2.05, 4.69) is 20.9 Å².